The first kappa shape index (κ1) is 11.8. The molecule has 0 heterocycles. The molecule has 5 heteroatoms. The first-order chi connectivity index (χ1) is 4.95. The van der Waals surface area contributed by atoms with Crippen LogP contribution in [0.4, 0.5) is 0 Å². The van der Waals surface area contributed by atoms with Crippen molar-refractivity contribution in [2.24, 2.45) is 0 Å². The summed E-state index contributed by atoms with van der Waals surface area (Å²) < 4.78 is 2.80. The van der Waals surface area contributed by atoms with Gasteiger partial charge in [-0.15, -0.1) is 0 Å². The van der Waals surface area contributed by atoms with E-state index in [1.165, 1.54) is 0 Å². The van der Waals surface area contributed by atoms with E-state index in [0.29, 0.717) is 0 Å². The molecule has 0 aromatic carbocycles. The minimum atomic E-state index is 0.00198. The summed E-state index contributed by atoms with van der Waals surface area (Å²) in [4.78, 5) is 0. The van der Waals surface area contributed by atoms with Gasteiger partial charge >= 0.3 is 0 Å². The van der Waals surface area contributed by atoms with Crippen molar-refractivity contribution in [3.05, 3.63) is 0 Å². The fraction of sp³-hybridized carbons (Fsp3) is 1.00. The van der Waals surface area contributed by atoms with Crippen LogP contribution in [0.3, 0.4) is 0 Å². The lowest BCUT2D eigenvalue weighted by atomic mass is 10.3. The van der Waals surface area contributed by atoms with Crippen molar-refractivity contribution in [3.8, 4) is 0 Å². The van der Waals surface area contributed by atoms with Gasteiger partial charge in [0.15, 0.2) is 0 Å². The van der Waals surface area contributed by atoms with E-state index in [-0.39, 0.29) is 16.5 Å². The molecule has 0 N–H and O–H groups in total. The third-order valence-corrected chi connectivity index (χ3v) is 14.5. The summed E-state index contributed by atoms with van der Waals surface area (Å²) in [5, 5.41) is 0. The highest BCUT2D eigenvalue weighted by Crippen LogP contribution is 2.01. The van der Waals surface area contributed by atoms with Crippen LogP contribution in [0.15, 0.2) is 0 Å². The molecule has 0 spiro atoms. The molecule has 0 amide bonds. The smallest absolute Gasteiger partial charge is 0.0771 e. The van der Waals surface area contributed by atoms with Gasteiger partial charge in [-0.05, 0) is 31.6 Å². The Hall–Kier alpha value is 0.828. The van der Waals surface area contributed by atoms with Gasteiger partial charge in [-0.1, -0.05) is 27.7 Å². The minimum Gasteiger partial charge on any atom is -0.328 e. The Morgan fingerprint density at radius 2 is 1.45 bits per heavy atom. The van der Waals surface area contributed by atoms with E-state index >= 15 is 0 Å². The van der Waals surface area contributed by atoms with Crippen molar-refractivity contribution in [3.63, 3.8) is 0 Å². The third kappa shape index (κ3) is 5.13. The minimum absolute atomic E-state index is 0.00198. The highest BCUT2D eigenvalue weighted by Gasteiger charge is 2.14. The second kappa shape index (κ2) is 5.47. The number of nitrogens with zero attached hydrogens (tertiary/aromatic N) is 1. The standard InChI is InChI=1S/C6H23NSi4/c1-5(2)7(6(3)4)10-11(8)9/h5-6,11H,10H2,1-4,8-9H3. The molecule has 0 aliphatic rings. The van der Waals surface area contributed by atoms with Gasteiger partial charge in [-0.2, -0.15) is 0 Å². The van der Waals surface area contributed by atoms with Gasteiger partial charge in [0.1, 0.15) is 0 Å². The largest absolute Gasteiger partial charge is 0.328 e. The van der Waals surface area contributed by atoms with Crippen LogP contribution in [0, 0.1) is 0 Å². The molecule has 0 aromatic rings. The van der Waals surface area contributed by atoms with Crippen molar-refractivity contribution < 1.29 is 0 Å². The van der Waals surface area contributed by atoms with E-state index in [9.17, 15) is 0 Å². The van der Waals surface area contributed by atoms with Gasteiger partial charge in [0.25, 0.3) is 0 Å². The van der Waals surface area contributed by atoms with Crippen LogP contribution in [0.5, 0.6) is 0 Å². The zero-order chi connectivity index (χ0) is 9.02. The van der Waals surface area contributed by atoms with E-state index in [4.69, 9.17) is 0 Å². The van der Waals surface area contributed by atoms with Crippen LogP contribution in [0.25, 0.3) is 0 Å². The Kier molecular flexibility index (Phi) is 5.88. The molecule has 0 saturated carbocycles. The summed E-state index contributed by atoms with van der Waals surface area (Å²) in [7, 11) is 3.42. The summed E-state index contributed by atoms with van der Waals surface area (Å²) in [5.41, 5.74) is 0. The van der Waals surface area contributed by atoms with Crippen LogP contribution in [-0.2, 0) is 0 Å². The Bertz CT molecular complexity index is 96.8. The van der Waals surface area contributed by atoms with Crippen molar-refractivity contribution >= 4 is 36.1 Å². The molecule has 11 heavy (non-hydrogen) atoms. The first-order valence-corrected chi connectivity index (χ1v) is 17.8. The molecule has 0 radical (unpaired) electrons. The van der Waals surface area contributed by atoms with Gasteiger partial charge in [0.05, 0.1) is 9.20 Å². The molecule has 0 fully saturated rings. The Morgan fingerprint density at radius 1 is 1.09 bits per heavy atom. The van der Waals surface area contributed by atoms with E-state index in [2.05, 4.69) is 32.3 Å². The van der Waals surface area contributed by atoms with E-state index in [1.807, 2.05) is 0 Å². The lowest BCUT2D eigenvalue weighted by Crippen LogP contribution is -2.47. The normalized spacial score (nSPS) is 16.6. The van der Waals surface area contributed by atoms with E-state index in [0.717, 1.165) is 12.1 Å². The predicted octanol–water partition coefficient (Wildman–Crippen LogP) is -2.36. The third-order valence-electron chi connectivity index (χ3n) is 1.90. The fourth-order valence-electron chi connectivity index (χ4n) is 1.44. The molecular weight excluding hydrogens is 198 g/mol. The molecule has 0 aliphatic carbocycles. The topological polar surface area (TPSA) is 3.24 Å². The molecular formula is C6H23NSi4. The van der Waals surface area contributed by atoms with Crippen molar-refractivity contribution in [1.82, 2.24) is 4.57 Å². The Labute approximate surface area is 80.7 Å². The first-order valence-electron chi connectivity index (χ1n) is 4.70. The van der Waals surface area contributed by atoms with Crippen molar-refractivity contribution in [2.45, 2.75) is 39.8 Å². The molecule has 0 bridgehead atoms. The Morgan fingerprint density at radius 3 is 1.55 bits per heavy atom. The second-order valence-corrected chi connectivity index (χ2v) is 42.7. The average Bonchev–Trinajstić information content (AvgIpc) is 1.81. The highest BCUT2D eigenvalue weighted by atomic mass is 29.8. The van der Waals surface area contributed by atoms with Crippen LogP contribution in [0.1, 0.15) is 27.7 Å². The Balaban J connectivity index is 3.90. The van der Waals surface area contributed by atoms with Crippen LogP contribution in [0.2, 0.25) is 0 Å². The zero-order valence-electron chi connectivity index (χ0n) is 8.89. The van der Waals surface area contributed by atoms with E-state index < -0.39 is 0 Å². The number of hydrogen-bond acceptors (Lipinski definition) is 1. The van der Waals surface area contributed by atoms with Gasteiger partial charge in [0, 0.05) is 7.35 Å². The fourth-order valence-corrected chi connectivity index (χ4v) is 15.8. The molecule has 0 aliphatic heterocycles. The monoisotopic (exact) mass is 221 g/mol. The van der Waals surface area contributed by atoms with Gasteiger partial charge in [0.2, 0.25) is 0 Å². The maximum Gasteiger partial charge on any atom is 0.0771 e. The SMILES string of the molecule is CC(C)N([SiH2][SiH]([SiH3])[SiH3])C(C)C. The van der Waals surface area contributed by atoms with Crippen LogP contribution < -0.4 is 0 Å². The number of hydrogen-bond donors (Lipinski definition) is 0. The zero-order valence-corrected chi connectivity index (χ0v) is 15.5. The average molecular weight is 222 g/mol. The molecule has 0 unspecified atom stereocenters. The van der Waals surface area contributed by atoms with Crippen LogP contribution >= 0.6 is 0 Å². The van der Waals surface area contributed by atoms with Crippen LogP contribution in [-0.4, -0.2) is 52.7 Å². The molecule has 0 rings (SSSR count). The highest BCUT2D eigenvalue weighted by molar-refractivity contribution is 7.52. The molecule has 0 aromatic heterocycles. The number of rotatable bonds is 4. The molecule has 1 nitrogen and oxygen atoms in total. The van der Waals surface area contributed by atoms with Crippen molar-refractivity contribution in [1.29, 1.82) is 0 Å². The van der Waals surface area contributed by atoms with Gasteiger partial charge in [-0.3, -0.25) is 0 Å². The maximum absolute atomic E-state index is 2.80. The quantitative estimate of drug-likeness (QED) is 0.480. The van der Waals surface area contributed by atoms with Crippen molar-refractivity contribution in [2.75, 3.05) is 0 Å². The lowest BCUT2D eigenvalue weighted by Gasteiger charge is -2.31. The molecule has 0 atom stereocenters. The summed E-state index contributed by atoms with van der Waals surface area (Å²) in [6, 6.07) is 1.64. The lowest BCUT2D eigenvalue weighted by molar-refractivity contribution is 0.317. The molecule has 0 saturated heterocycles. The van der Waals surface area contributed by atoms with Gasteiger partial charge < -0.3 is 4.57 Å². The maximum atomic E-state index is 2.80. The predicted molar refractivity (Wildman–Crippen MR) is 67.7 cm³/mol. The summed E-state index contributed by atoms with van der Waals surface area (Å²) in [6.07, 6.45) is 0. The molecule has 68 valence electrons. The summed E-state index contributed by atoms with van der Waals surface area (Å²) in [6.45, 7) is 9.42. The summed E-state index contributed by atoms with van der Waals surface area (Å²) >= 11 is 0. The summed E-state index contributed by atoms with van der Waals surface area (Å²) in [5.74, 6) is 0. The van der Waals surface area contributed by atoms with Gasteiger partial charge in [-0.25, -0.2) is 0 Å². The second-order valence-electron chi connectivity index (χ2n) is 4.28. The van der Waals surface area contributed by atoms with E-state index in [1.54, 1.807) is 19.5 Å².